The fraction of sp³-hybridized carbons (Fsp3) is 0.364. The van der Waals surface area contributed by atoms with Gasteiger partial charge in [-0.05, 0) is 35.7 Å². The van der Waals surface area contributed by atoms with E-state index < -0.39 is 11.0 Å². The number of imide groups is 1. The largest absolute Gasteiger partial charge is 0.494 e. The van der Waals surface area contributed by atoms with Gasteiger partial charge in [-0.25, -0.2) is 4.90 Å². The zero-order valence-corrected chi connectivity index (χ0v) is 18.0. The monoisotopic (exact) mass is 441 g/mol. The van der Waals surface area contributed by atoms with E-state index in [2.05, 4.69) is 0 Å². The Morgan fingerprint density at radius 2 is 1.62 bits per heavy atom. The first-order valence-electron chi connectivity index (χ1n) is 10.0. The summed E-state index contributed by atoms with van der Waals surface area (Å²) >= 11 is 0. The van der Waals surface area contributed by atoms with Gasteiger partial charge in [0.05, 0.1) is 50.5 Å². The predicted molar refractivity (Wildman–Crippen MR) is 114 cm³/mol. The highest BCUT2D eigenvalue weighted by Gasteiger charge is 2.44. The highest BCUT2D eigenvalue weighted by Crippen LogP contribution is 2.38. The molecule has 32 heavy (non-hydrogen) atoms. The minimum atomic E-state index is -0.622. The molecule has 10 heteroatoms. The fourth-order valence-electron chi connectivity index (χ4n) is 4.29. The molecule has 0 spiro atoms. The van der Waals surface area contributed by atoms with Crippen LogP contribution < -0.4 is 19.1 Å². The van der Waals surface area contributed by atoms with Crippen LogP contribution in [0.1, 0.15) is 17.5 Å². The molecule has 2 aliphatic heterocycles. The first-order chi connectivity index (χ1) is 15.4. The molecule has 2 aromatic rings. The van der Waals surface area contributed by atoms with Crippen LogP contribution in [0, 0.1) is 10.1 Å². The quantitative estimate of drug-likeness (QED) is 0.381. The van der Waals surface area contributed by atoms with Crippen molar-refractivity contribution in [2.45, 2.75) is 25.4 Å². The summed E-state index contributed by atoms with van der Waals surface area (Å²) in [7, 11) is 4.50. The van der Waals surface area contributed by atoms with Crippen LogP contribution in [0.25, 0.3) is 0 Å². The summed E-state index contributed by atoms with van der Waals surface area (Å²) in [5.41, 5.74) is 2.16. The van der Waals surface area contributed by atoms with Crippen molar-refractivity contribution >= 4 is 23.2 Å². The van der Waals surface area contributed by atoms with Crippen molar-refractivity contribution in [3.8, 4) is 17.2 Å². The maximum atomic E-state index is 13.3. The number of ether oxygens (including phenoxy) is 3. The average Bonchev–Trinajstić information content (AvgIpc) is 3.10. The number of nitro benzene ring substituents is 1. The van der Waals surface area contributed by atoms with Crippen molar-refractivity contribution in [2.75, 3.05) is 32.8 Å². The molecule has 1 atom stereocenters. The maximum Gasteiger partial charge on any atom is 0.273 e. The van der Waals surface area contributed by atoms with Gasteiger partial charge in [0.25, 0.3) is 11.6 Å². The number of nitrogens with zero attached hydrogens (tertiary/aromatic N) is 3. The summed E-state index contributed by atoms with van der Waals surface area (Å²) in [6.45, 7) is 1.10. The summed E-state index contributed by atoms with van der Waals surface area (Å²) < 4.78 is 16.0. The van der Waals surface area contributed by atoms with Crippen LogP contribution in [-0.4, -0.2) is 55.6 Å². The van der Waals surface area contributed by atoms with Gasteiger partial charge in [0, 0.05) is 19.2 Å². The molecule has 1 saturated heterocycles. The molecule has 2 aliphatic rings. The summed E-state index contributed by atoms with van der Waals surface area (Å²) in [6, 6.07) is 7.06. The van der Waals surface area contributed by atoms with Crippen LogP contribution in [-0.2, 0) is 22.6 Å². The molecule has 0 aromatic heterocycles. The SMILES string of the molecule is COc1cc2c(cc1OC)CN([C@@H]1CC(=O)N(c3ccc([N+](=O)[O-])cc3OC)C1=O)CC2. The third-order valence-electron chi connectivity index (χ3n) is 5.93. The van der Waals surface area contributed by atoms with E-state index >= 15 is 0 Å². The van der Waals surface area contributed by atoms with Gasteiger partial charge < -0.3 is 14.2 Å². The van der Waals surface area contributed by atoms with E-state index in [-0.39, 0.29) is 35.4 Å². The van der Waals surface area contributed by atoms with Gasteiger partial charge >= 0.3 is 0 Å². The molecule has 168 valence electrons. The van der Waals surface area contributed by atoms with Crippen molar-refractivity contribution < 1.29 is 28.7 Å². The van der Waals surface area contributed by atoms with Gasteiger partial charge in [0.2, 0.25) is 5.91 Å². The Kier molecular flexibility index (Phi) is 5.70. The van der Waals surface area contributed by atoms with Crippen LogP contribution in [0.5, 0.6) is 17.2 Å². The smallest absolute Gasteiger partial charge is 0.273 e. The third-order valence-corrected chi connectivity index (χ3v) is 5.93. The number of amides is 2. The highest BCUT2D eigenvalue weighted by atomic mass is 16.6. The Morgan fingerprint density at radius 1 is 0.969 bits per heavy atom. The van der Waals surface area contributed by atoms with E-state index in [4.69, 9.17) is 14.2 Å². The molecule has 2 aromatic carbocycles. The van der Waals surface area contributed by atoms with Gasteiger partial charge in [0.1, 0.15) is 5.75 Å². The standard InChI is InChI=1S/C22H23N3O7/c1-30-18-10-15(25(28)29)4-5-16(18)24-21(26)11-17(22(24)27)23-7-6-13-8-19(31-2)20(32-3)9-14(13)12-23/h4-5,8-10,17H,6-7,11-12H2,1-3H3/t17-/m1/s1. The van der Waals surface area contributed by atoms with E-state index in [9.17, 15) is 19.7 Å². The van der Waals surface area contributed by atoms with Gasteiger partial charge in [-0.2, -0.15) is 0 Å². The number of fused-ring (bicyclic) bond motifs is 1. The van der Waals surface area contributed by atoms with Crippen LogP contribution >= 0.6 is 0 Å². The van der Waals surface area contributed by atoms with Gasteiger partial charge in [0.15, 0.2) is 11.5 Å². The minimum Gasteiger partial charge on any atom is -0.494 e. The number of anilines is 1. The zero-order chi connectivity index (χ0) is 23.0. The molecule has 0 aliphatic carbocycles. The Balaban J connectivity index is 1.60. The Labute approximate surface area is 184 Å². The molecule has 2 amide bonds. The average molecular weight is 441 g/mol. The molecule has 10 nitrogen and oxygen atoms in total. The van der Waals surface area contributed by atoms with Gasteiger partial charge in [-0.15, -0.1) is 0 Å². The molecule has 0 N–H and O–H groups in total. The van der Waals surface area contributed by atoms with Crippen molar-refractivity contribution in [1.29, 1.82) is 0 Å². The van der Waals surface area contributed by atoms with E-state index in [1.54, 1.807) is 14.2 Å². The molecule has 2 heterocycles. The van der Waals surface area contributed by atoms with Crippen molar-refractivity contribution in [2.24, 2.45) is 0 Å². The molecular formula is C22H23N3O7. The second-order valence-corrected chi connectivity index (χ2v) is 7.60. The number of hydrogen-bond donors (Lipinski definition) is 0. The molecule has 0 saturated carbocycles. The van der Waals surface area contributed by atoms with E-state index in [1.165, 1.54) is 25.3 Å². The lowest BCUT2D eigenvalue weighted by Gasteiger charge is -2.32. The molecular weight excluding hydrogens is 418 g/mol. The topological polar surface area (TPSA) is 111 Å². The predicted octanol–water partition coefficient (Wildman–Crippen LogP) is 2.31. The van der Waals surface area contributed by atoms with E-state index in [0.717, 1.165) is 16.0 Å². The molecule has 0 radical (unpaired) electrons. The van der Waals surface area contributed by atoms with Crippen LogP contribution in [0.15, 0.2) is 30.3 Å². The summed E-state index contributed by atoms with van der Waals surface area (Å²) in [5.74, 6) is 0.626. The van der Waals surface area contributed by atoms with Crippen LogP contribution in [0.3, 0.4) is 0 Å². The fourth-order valence-corrected chi connectivity index (χ4v) is 4.29. The number of methoxy groups -OCH3 is 3. The normalized spacial score (nSPS) is 18.5. The van der Waals surface area contributed by atoms with Gasteiger partial charge in [-0.1, -0.05) is 0 Å². The number of benzene rings is 2. The van der Waals surface area contributed by atoms with Crippen LogP contribution in [0.4, 0.5) is 11.4 Å². The Morgan fingerprint density at radius 3 is 2.25 bits per heavy atom. The number of non-ortho nitro benzene ring substituents is 1. The third kappa shape index (κ3) is 3.62. The molecule has 4 rings (SSSR count). The van der Waals surface area contributed by atoms with E-state index in [1.807, 2.05) is 17.0 Å². The lowest BCUT2D eigenvalue weighted by atomic mass is 9.97. The Bertz CT molecular complexity index is 1100. The van der Waals surface area contributed by atoms with E-state index in [0.29, 0.717) is 31.0 Å². The zero-order valence-electron chi connectivity index (χ0n) is 18.0. The number of nitro groups is 1. The second-order valence-electron chi connectivity index (χ2n) is 7.60. The first kappa shape index (κ1) is 21.6. The van der Waals surface area contributed by atoms with Crippen LogP contribution in [0.2, 0.25) is 0 Å². The maximum absolute atomic E-state index is 13.3. The number of carbonyl (C=O) groups excluding carboxylic acids is 2. The molecule has 1 fully saturated rings. The lowest BCUT2D eigenvalue weighted by molar-refractivity contribution is -0.384. The summed E-state index contributed by atoms with van der Waals surface area (Å²) in [4.78, 5) is 39.6. The second kappa shape index (κ2) is 8.46. The Hall–Kier alpha value is -3.66. The van der Waals surface area contributed by atoms with Gasteiger partial charge in [-0.3, -0.25) is 24.6 Å². The first-order valence-corrected chi connectivity index (χ1v) is 10.0. The van der Waals surface area contributed by atoms with Crippen molar-refractivity contribution in [3.05, 3.63) is 51.6 Å². The van der Waals surface area contributed by atoms with Crippen molar-refractivity contribution in [3.63, 3.8) is 0 Å². The molecule has 0 unspecified atom stereocenters. The molecule has 0 bridgehead atoms. The van der Waals surface area contributed by atoms with Crippen molar-refractivity contribution in [1.82, 2.24) is 4.90 Å². The summed E-state index contributed by atoms with van der Waals surface area (Å²) in [6.07, 6.45) is 0.732. The number of carbonyl (C=O) groups is 2. The highest BCUT2D eigenvalue weighted by molar-refractivity contribution is 6.23. The summed E-state index contributed by atoms with van der Waals surface area (Å²) in [5, 5.41) is 11.1. The number of rotatable bonds is 6. The lowest BCUT2D eigenvalue weighted by Crippen LogP contribution is -2.44. The minimum absolute atomic E-state index is 0.0294. The number of hydrogen-bond acceptors (Lipinski definition) is 8.